The summed E-state index contributed by atoms with van der Waals surface area (Å²) in [7, 11) is -3.44. The van der Waals surface area contributed by atoms with Crippen LogP contribution >= 0.6 is 0 Å². The zero-order valence-electron chi connectivity index (χ0n) is 15.3. The summed E-state index contributed by atoms with van der Waals surface area (Å²) in [6.07, 6.45) is 0. The molecule has 0 unspecified atom stereocenters. The highest BCUT2D eigenvalue weighted by atomic mass is 32.2. The van der Waals surface area contributed by atoms with Gasteiger partial charge >= 0.3 is 0 Å². The summed E-state index contributed by atoms with van der Waals surface area (Å²) in [5.74, 6) is -0.568. The van der Waals surface area contributed by atoms with Crippen LogP contribution < -0.4 is 5.32 Å². The molecule has 1 heterocycles. The summed E-state index contributed by atoms with van der Waals surface area (Å²) in [6, 6.07) is 15.1. The molecule has 0 fully saturated rings. The predicted octanol–water partition coefficient (Wildman–Crippen LogP) is 3.10. The van der Waals surface area contributed by atoms with Gasteiger partial charge in [0.2, 0.25) is 0 Å². The maximum Gasteiger partial charge on any atom is 0.270 e. The lowest BCUT2D eigenvalue weighted by Gasteiger charge is -2.08. The number of aromatic nitrogens is 2. The number of carbonyl (C=O) groups excluding carboxylic acids is 1. The number of nitro benzene ring substituents is 1. The average molecular weight is 412 g/mol. The summed E-state index contributed by atoms with van der Waals surface area (Å²) >= 11 is 0. The quantitative estimate of drug-likeness (QED) is 0.486. The van der Waals surface area contributed by atoms with Crippen LogP contribution in [0.5, 0.6) is 0 Å². The van der Waals surface area contributed by atoms with Gasteiger partial charge in [-0.3, -0.25) is 14.9 Å². The van der Waals surface area contributed by atoms with Gasteiger partial charge in [-0.2, -0.15) is 0 Å². The van der Waals surface area contributed by atoms with E-state index in [-0.39, 0.29) is 22.0 Å². The number of nitrogens with one attached hydrogen (secondary N) is 1. The zero-order valence-corrected chi connectivity index (χ0v) is 16.1. The molecule has 0 aliphatic rings. The normalized spacial score (nSPS) is 11.1. The topological polar surface area (TPSA) is 132 Å². The molecule has 0 aliphatic carbocycles. The second kappa shape index (κ2) is 8.15. The number of benzene rings is 2. The van der Waals surface area contributed by atoms with Crippen molar-refractivity contribution < 1.29 is 18.1 Å². The van der Waals surface area contributed by atoms with E-state index in [0.29, 0.717) is 16.9 Å². The van der Waals surface area contributed by atoms with Crippen molar-refractivity contribution in [2.45, 2.75) is 11.9 Å². The monoisotopic (exact) mass is 412 g/mol. The van der Waals surface area contributed by atoms with E-state index < -0.39 is 20.7 Å². The molecule has 3 rings (SSSR count). The van der Waals surface area contributed by atoms with Gasteiger partial charge in [-0.1, -0.05) is 25.1 Å². The molecule has 10 heteroatoms. The van der Waals surface area contributed by atoms with E-state index in [2.05, 4.69) is 15.5 Å². The minimum Gasteiger partial charge on any atom is -0.322 e. The lowest BCUT2D eigenvalue weighted by Crippen LogP contribution is -2.12. The third-order valence-electron chi connectivity index (χ3n) is 4.07. The standard InChI is InChI=1S/C19H16N4O5S/c1-2-29(27,28)18-10-9-17(21-22-18)13-5-3-7-15(11-13)20-19(24)14-6-4-8-16(12-14)23(25)26/h3-12H,2H2,1H3,(H,20,24). The van der Waals surface area contributed by atoms with Gasteiger partial charge in [0.15, 0.2) is 14.9 Å². The molecule has 9 nitrogen and oxygen atoms in total. The summed E-state index contributed by atoms with van der Waals surface area (Å²) in [5.41, 5.74) is 1.48. The Morgan fingerprint density at radius 3 is 2.48 bits per heavy atom. The number of sulfone groups is 1. The number of anilines is 1. The van der Waals surface area contributed by atoms with E-state index in [1.807, 2.05) is 0 Å². The van der Waals surface area contributed by atoms with Crippen molar-refractivity contribution in [3.8, 4) is 11.3 Å². The number of non-ortho nitro benzene ring substituents is 1. The number of hydrogen-bond acceptors (Lipinski definition) is 7. The molecule has 1 N–H and O–H groups in total. The molecule has 2 aromatic carbocycles. The molecule has 1 amide bonds. The molecule has 0 atom stereocenters. The third kappa shape index (κ3) is 4.61. The summed E-state index contributed by atoms with van der Waals surface area (Å²) in [6.45, 7) is 1.53. The second-order valence-corrected chi connectivity index (χ2v) is 8.23. The van der Waals surface area contributed by atoms with E-state index in [4.69, 9.17) is 0 Å². The molecule has 148 valence electrons. The highest BCUT2D eigenvalue weighted by molar-refractivity contribution is 7.91. The Bertz CT molecular complexity index is 1180. The Kier molecular flexibility index (Phi) is 5.64. The molecule has 0 bridgehead atoms. The number of hydrogen-bond donors (Lipinski definition) is 1. The largest absolute Gasteiger partial charge is 0.322 e. The summed E-state index contributed by atoms with van der Waals surface area (Å²) in [5, 5.41) is 21.2. The number of nitrogens with zero attached hydrogens (tertiary/aromatic N) is 3. The molecule has 0 spiro atoms. The number of rotatable bonds is 6. The maximum atomic E-state index is 12.4. The van der Waals surface area contributed by atoms with Gasteiger partial charge in [0, 0.05) is 28.9 Å². The van der Waals surface area contributed by atoms with Crippen molar-refractivity contribution in [1.29, 1.82) is 0 Å². The summed E-state index contributed by atoms with van der Waals surface area (Å²) < 4.78 is 23.7. The molecular weight excluding hydrogens is 396 g/mol. The van der Waals surface area contributed by atoms with Crippen molar-refractivity contribution in [3.63, 3.8) is 0 Å². The van der Waals surface area contributed by atoms with Crippen LogP contribution in [0.3, 0.4) is 0 Å². The van der Waals surface area contributed by atoms with Crippen LogP contribution in [0.15, 0.2) is 65.7 Å². The predicted molar refractivity (Wildman–Crippen MR) is 106 cm³/mol. The molecule has 3 aromatic rings. The molecule has 1 aromatic heterocycles. The fraction of sp³-hybridized carbons (Fsp3) is 0.105. The first kappa shape index (κ1) is 20.1. The number of carbonyl (C=O) groups is 1. The Morgan fingerprint density at radius 1 is 1.07 bits per heavy atom. The SMILES string of the molecule is CCS(=O)(=O)c1ccc(-c2cccc(NC(=O)c3cccc([N+](=O)[O-])c3)c2)nn1. The van der Waals surface area contributed by atoms with E-state index in [9.17, 15) is 23.3 Å². The van der Waals surface area contributed by atoms with Gasteiger partial charge in [-0.15, -0.1) is 10.2 Å². The van der Waals surface area contributed by atoms with Crippen LogP contribution in [-0.2, 0) is 9.84 Å². The van der Waals surface area contributed by atoms with Gasteiger partial charge in [-0.05, 0) is 30.3 Å². The van der Waals surface area contributed by atoms with E-state index in [0.717, 1.165) is 0 Å². The molecule has 0 saturated carbocycles. The first-order valence-electron chi connectivity index (χ1n) is 8.53. The third-order valence-corrected chi connectivity index (χ3v) is 5.69. The van der Waals surface area contributed by atoms with Gasteiger partial charge in [-0.25, -0.2) is 8.42 Å². The van der Waals surface area contributed by atoms with E-state index in [1.54, 1.807) is 24.3 Å². The number of amides is 1. The van der Waals surface area contributed by atoms with E-state index >= 15 is 0 Å². The molecular formula is C19H16N4O5S. The Hall–Kier alpha value is -3.66. The van der Waals surface area contributed by atoms with Crippen molar-refractivity contribution in [2.24, 2.45) is 0 Å². The van der Waals surface area contributed by atoms with Crippen LogP contribution in [0.25, 0.3) is 11.3 Å². The Morgan fingerprint density at radius 2 is 1.83 bits per heavy atom. The average Bonchev–Trinajstić information content (AvgIpc) is 2.74. The van der Waals surface area contributed by atoms with Gasteiger partial charge < -0.3 is 5.32 Å². The molecule has 0 saturated heterocycles. The molecule has 29 heavy (non-hydrogen) atoms. The van der Waals surface area contributed by atoms with Gasteiger partial charge in [0.25, 0.3) is 11.6 Å². The van der Waals surface area contributed by atoms with E-state index in [1.165, 1.54) is 43.3 Å². The second-order valence-electron chi connectivity index (χ2n) is 6.00. The van der Waals surface area contributed by atoms with Crippen molar-refractivity contribution in [2.75, 3.05) is 11.1 Å². The minimum absolute atomic E-state index is 0.0693. The van der Waals surface area contributed by atoms with Gasteiger partial charge in [0.1, 0.15) is 0 Å². The highest BCUT2D eigenvalue weighted by Gasteiger charge is 2.15. The number of nitro groups is 1. The summed E-state index contributed by atoms with van der Waals surface area (Å²) in [4.78, 5) is 22.7. The van der Waals surface area contributed by atoms with Gasteiger partial charge in [0.05, 0.1) is 16.4 Å². The first-order chi connectivity index (χ1) is 13.8. The van der Waals surface area contributed by atoms with Crippen LogP contribution in [0, 0.1) is 10.1 Å². The van der Waals surface area contributed by atoms with Crippen LogP contribution in [0.1, 0.15) is 17.3 Å². The Labute approximate surface area is 166 Å². The lowest BCUT2D eigenvalue weighted by molar-refractivity contribution is -0.384. The highest BCUT2D eigenvalue weighted by Crippen LogP contribution is 2.22. The molecule has 0 radical (unpaired) electrons. The lowest BCUT2D eigenvalue weighted by atomic mass is 10.1. The maximum absolute atomic E-state index is 12.4. The fourth-order valence-electron chi connectivity index (χ4n) is 2.51. The van der Waals surface area contributed by atoms with Crippen molar-refractivity contribution in [1.82, 2.24) is 10.2 Å². The fourth-order valence-corrected chi connectivity index (χ4v) is 3.24. The van der Waals surface area contributed by atoms with Crippen molar-refractivity contribution in [3.05, 3.63) is 76.3 Å². The van der Waals surface area contributed by atoms with Crippen LogP contribution in [0.2, 0.25) is 0 Å². The first-order valence-corrected chi connectivity index (χ1v) is 10.2. The molecule has 0 aliphatic heterocycles. The minimum atomic E-state index is -3.44. The Balaban J connectivity index is 1.82. The van der Waals surface area contributed by atoms with Crippen molar-refractivity contribution >= 4 is 27.1 Å². The van der Waals surface area contributed by atoms with Crippen LogP contribution in [-0.4, -0.2) is 35.2 Å². The zero-order chi connectivity index (χ0) is 21.0. The smallest absolute Gasteiger partial charge is 0.270 e. The van der Waals surface area contributed by atoms with Crippen LogP contribution in [0.4, 0.5) is 11.4 Å².